The van der Waals surface area contributed by atoms with Crippen molar-refractivity contribution in [3.63, 3.8) is 0 Å². The maximum Gasteiger partial charge on any atom is 0.231 e. The van der Waals surface area contributed by atoms with Crippen LogP contribution in [-0.2, 0) is 0 Å². The second-order valence-corrected chi connectivity index (χ2v) is 4.08. The molecule has 0 saturated heterocycles. The fourth-order valence-corrected chi connectivity index (χ4v) is 1.86. The maximum atomic E-state index is 12.3. The van der Waals surface area contributed by atoms with Crippen molar-refractivity contribution in [2.75, 3.05) is 6.79 Å². The highest BCUT2D eigenvalue weighted by Gasteiger charge is 2.18. The van der Waals surface area contributed by atoms with Crippen molar-refractivity contribution in [1.29, 1.82) is 5.26 Å². The van der Waals surface area contributed by atoms with Crippen LogP contribution in [0, 0.1) is 11.3 Å². The molecule has 1 aliphatic heterocycles. The van der Waals surface area contributed by atoms with E-state index < -0.39 is 0 Å². The smallest absolute Gasteiger partial charge is 0.231 e. The highest BCUT2D eigenvalue weighted by molar-refractivity contribution is 6.14. The van der Waals surface area contributed by atoms with Crippen molar-refractivity contribution in [2.45, 2.75) is 0 Å². The molecule has 5 heteroatoms. The molecule has 1 aromatic heterocycles. The van der Waals surface area contributed by atoms with Crippen LogP contribution in [0.2, 0.25) is 0 Å². The average Bonchev–Trinajstić information content (AvgIpc) is 3.14. The lowest BCUT2D eigenvalue weighted by Crippen LogP contribution is -2.01. The Bertz CT molecular complexity index is 723. The van der Waals surface area contributed by atoms with Gasteiger partial charge in [-0.3, -0.25) is 4.79 Å². The van der Waals surface area contributed by atoms with Crippen LogP contribution in [0.5, 0.6) is 11.5 Å². The Morgan fingerprint density at radius 3 is 2.85 bits per heavy atom. The predicted octanol–water partition coefficient (Wildman–Crippen LogP) is 2.80. The Kier molecular flexibility index (Phi) is 2.98. The van der Waals surface area contributed by atoms with Crippen LogP contribution in [0.3, 0.4) is 0 Å². The third-order valence-corrected chi connectivity index (χ3v) is 2.83. The molecular weight excluding hydrogens is 258 g/mol. The summed E-state index contributed by atoms with van der Waals surface area (Å²) >= 11 is 0. The largest absolute Gasteiger partial charge is 0.465 e. The number of hydrogen-bond acceptors (Lipinski definition) is 5. The quantitative estimate of drug-likeness (QED) is 0.485. The summed E-state index contributed by atoms with van der Waals surface area (Å²) in [5, 5.41) is 9.11. The van der Waals surface area contributed by atoms with Crippen LogP contribution in [0.25, 0.3) is 6.08 Å². The maximum absolute atomic E-state index is 12.3. The lowest BCUT2D eigenvalue weighted by Gasteiger charge is -2.01. The van der Waals surface area contributed by atoms with Gasteiger partial charge in [-0.15, -0.1) is 0 Å². The van der Waals surface area contributed by atoms with Crippen molar-refractivity contribution >= 4 is 11.9 Å². The molecule has 0 atom stereocenters. The number of carbonyl (C=O) groups excluding carboxylic acids is 1. The summed E-state index contributed by atoms with van der Waals surface area (Å²) in [6.45, 7) is 0.139. The summed E-state index contributed by atoms with van der Waals surface area (Å²) in [4.78, 5) is 12.3. The van der Waals surface area contributed by atoms with Gasteiger partial charge >= 0.3 is 0 Å². The van der Waals surface area contributed by atoms with E-state index >= 15 is 0 Å². The number of furan rings is 1. The number of nitriles is 1. The first kappa shape index (κ1) is 12.1. The summed E-state index contributed by atoms with van der Waals surface area (Å²) < 4.78 is 15.5. The van der Waals surface area contributed by atoms with E-state index in [-0.39, 0.29) is 18.1 Å². The van der Waals surface area contributed by atoms with Gasteiger partial charge in [-0.2, -0.15) is 5.26 Å². The van der Waals surface area contributed by atoms with E-state index in [0.717, 1.165) is 0 Å². The standard InChI is InChI=1S/C15H9NO4/c16-8-11(6-12-2-1-5-18-12)15(17)10-3-4-13-14(7-10)20-9-19-13/h1-7H,9H2/b11-6-. The fraction of sp³-hybridized carbons (Fsp3) is 0.0667. The molecular formula is C15H9NO4. The molecule has 1 aromatic carbocycles. The zero-order valence-electron chi connectivity index (χ0n) is 10.3. The number of hydrogen-bond donors (Lipinski definition) is 0. The fourth-order valence-electron chi connectivity index (χ4n) is 1.86. The highest BCUT2D eigenvalue weighted by atomic mass is 16.7. The summed E-state index contributed by atoms with van der Waals surface area (Å²) in [7, 11) is 0. The van der Waals surface area contributed by atoms with Gasteiger partial charge in [0, 0.05) is 11.6 Å². The summed E-state index contributed by atoms with van der Waals surface area (Å²) in [5.74, 6) is 1.17. The van der Waals surface area contributed by atoms with Crippen molar-refractivity contribution in [3.05, 3.63) is 53.5 Å². The minimum absolute atomic E-state index is 0.00110. The lowest BCUT2D eigenvalue weighted by molar-refractivity contribution is 0.103. The minimum Gasteiger partial charge on any atom is -0.465 e. The zero-order chi connectivity index (χ0) is 13.9. The first-order chi connectivity index (χ1) is 9.78. The minimum atomic E-state index is -0.387. The van der Waals surface area contributed by atoms with Gasteiger partial charge in [0.2, 0.25) is 12.6 Å². The highest BCUT2D eigenvalue weighted by Crippen LogP contribution is 2.33. The lowest BCUT2D eigenvalue weighted by atomic mass is 10.0. The monoisotopic (exact) mass is 267 g/mol. The number of benzene rings is 1. The second kappa shape index (κ2) is 4.94. The predicted molar refractivity (Wildman–Crippen MR) is 69.2 cm³/mol. The van der Waals surface area contributed by atoms with Gasteiger partial charge < -0.3 is 13.9 Å². The molecule has 3 rings (SSSR count). The third-order valence-electron chi connectivity index (χ3n) is 2.83. The van der Waals surface area contributed by atoms with Gasteiger partial charge in [0.25, 0.3) is 0 Å². The molecule has 20 heavy (non-hydrogen) atoms. The number of rotatable bonds is 3. The third kappa shape index (κ3) is 2.15. The molecule has 0 fully saturated rings. The van der Waals surface area contributed by atoms with E-state index in [0.29, 0.717) is 22.8 Å². The van der Waals surface area contributed by atoms with Gasteiger partial charge in [0.05, 0.1) is 6.26 Å². The van der Waals surface area contributed by atoms with Crippen LogP contribution in [0.15, 0.2) is 46.6 Å². The van der Waals surface area contributed by atoms with Crippen LogP contribution in [0.4, 0.5) is 0 Å². The Hall–Kier alpha value is -3.00. The van der Waals surface area contributed by atoms with Crippen molar-refractivity contribution in [3.8, 4) is 17.6 Å². The number of ether oxygens (including phenoxy) is 2. The normalized spacial score (nSPS) is 13.1. The van der Waals surface area contributed by atoms with Crippen LogP contribution in [-0.4, -0.2) is 12.6 Å². The van der Waals surface area contributed by atoms with E-state index in [1.807, 2.05) is 6.07 Å². The summed E-state index contributed by atoms with van der Waals surface area (Å²) in [6.07, 6.45) is 2.89. The number of fused-ring (bicyclic) bond motifs is 1. The second-order valence-electron chi connectivity index (χ2n) is 4.08. The summed E-state index contributed by atoms with van der Waals surface area (Å²) in [5.41, 5.74) is 0.368. The van der Waals surface area contributed by atoms with Gasteiger partial charge in [-0.05, 0) is 30.3 Å². The van der Waals surface area contributed by atoms with Gasteiger partial charge in [0.1, 0.15) is 17.4 Å². The van der Waals surface area contributed by atoms with Gasteiger partial charge in [0.15, 0.2) is 11.5 Å². The number of Topliss-reactive ketones (excluding diaryl/α,β-unsaturated/α-hetero) is 1. The topological polar surface area (TPSA) is 72.5 Å². The van der Waals surface area contributed by atoms with E-state index in [2.05, 4.69) is 0 Å². The Morgan fingerprint density at radius 2 is 2.10 bits per heavy atom. The number of carbonyl (C=O) groups is 1. The molecule has 0 N–H and O–H groups in total. The van der Waals surface area contributed by atoms with Crippen LogP contribution >= 0.6 is 0 Å². The molecule has 2 heterocycles. The van der Waals surface area contributed by atoms with Crippen molar-refractivity contribution in [1.82, 2.24) is 0 Å². The van der Waals surface area contributed by atoms with E-state index in [1.54, 1.807) is 30.3 Å². The van der Waals surface area contributed by atoms with Crippen molar-refractivity contribution in [2.24, 2.45) is 0 Å². The number of nitrogens with zero attached hydrogens (tertiary/aromatic N) is 1. The molecule has 0 radical (unpaired) electrons. The van der Waals surface area contributed by atoms with E-state index in [1.165, 1.54) is 12.3 Å². The molecule has 0 aliphatic carbocycles. The molecule has 0 saturated carbocycles. The number of allylic oxidation sites excluding steroid dienone is 1. The van der Waals surface area contributed by atoms with Crippen LogP contribution < -0.4 is 9.47 Å². The molecule has 0 unspecified atom stereocenters. The molecule has 1 aliphatic rings. The zero-order valence-corrected chi connectivity index (χ0v) is 10.3. The molecule has 0 spiro atoms. The Labute approximate surface area is 114 Å². The van der Waals surface area contributed by atoms with Crippen LogP contribution in [0.1, 0.15) is 16.1 Å². The van der Waals surface area contributed by atoms with Gasteiger partial charge in [-0.25, -0.2) is 0 Å². The first-order valence-corrected chi connectivity index (χ1v) is 5.87. The average molecular weight is 267 g/mol. The summed E-state index contributed by atoms with van der Waals surface area (Å²) in [6, 6.07) is 10.1. The molecule has 98 valence electrons. The van der Waals surface area contributed by atoms with Crippen molar-refractivity contribution < 1.29 is 18.7 Å². The molecule has 0 amide bonds. The SMILES string of the molecule is N#C/C(=C/c1ccco1)C(=O)c1ccc2c(c1)OCO2. The van der Waals surface area contributed by atoms with Gasteiger partial charge in [-0.1, -0.05) is 0 Å². The Morgan fingerprint density at radius 1 is 1.25 bits per heavy atom. The molecule has 5 nitrogen and oxygen atoms in total. The first-order valence-electron chi connectivity index (χ1n) is 5.87. The number of ketones is 1. The molecule has 2 aromatic rings. The molecule has 0 bridgehead atoms. The van der Waals surface area contributed by atoms with E-state index in [9.17, 15) is 4.79 Å². The Balaban J connectivity index is 1.93. The van der Waals surface area contributed by atoms with E-state index in [4.69, 9.17) is 19.2 Å².